The molecule has 1 heterocycles. The molecule has 7 heteroatoms. The van der Waals surface area contributed by atoms with Gasteiger partial charge in [0.2, 0.25) is 5.91 Å². The van der Waals surface area contributed by atoms with Crippen LogP contribution in [0.1, 0.15) is 28.9 Å². The Balaban J connectivity index is 1.32. The number of piperazine rings is 1. The Kier molecular flexibility index (Phi) is 8.00. The topological polar surface area (TPSA) is 73.9 Å². The fraction of sp³-hybridized carbons (Fsp3) is 0.286. The molecule has 182 valence electrons. The van der Waals surface area contributed by atoms with Gasteiger partial charge in [0.05, 0.1) is 36.6 Å². The second kappa shape index (κ2) is 11.5. The molecule has 1 aliphatic heterocycles. The van der Waals surface area contributed by atoms with E-state index in [1.165, 1.54) is 0 Å². The summed E-state index contributed by atoms with van der Waals surface area (Å²) in [6.45, 7) is 5.37. The Morgan fingerprint density at radius 3 is 2.29 bits per heavy atom. The number of benzene rings is 3. The fourth-order valence-electron chi connectivity index (χ4n) is 4.32. The van der Waals surface area contributed by atoms with Gasteiger partial charge in [-0.2, -0.15) is 0 Å². The smallest absolute Gasteiger partial charge is 0.253 e. The predicted octanol–water partition coefficient (Wildman–Crippen LogP) is 3.95. The zero-order valence-electron chi connectivity index (χ0n) is 20.2. The highest BCUT2D eigenvalue weighted by Crippen LogP contribution is 2.28. The molecule has 0 spiro atoms. The van der Waals surface area contributed by atoms with Gasteiger partial charge in [0.15, 0.2) is 0 Å². The van der Waals surface area contributed by atoms with Crippen LogP contribution in [0.5, 0.6) is 5.75 Å². The summed E-state index contributed by atoms with van der Waals surface area (Å²) in [4.78, 5) is 30.2. The molecule has 1 fully saturated rings. The van der Waals surface area contributed by atoms with Crippen LogP contribution < -0.4 is 20.3 Å². The van der Waals surface area contributed by atoms with Crippen molar-refractivity contribution in [2.45, 2.75) is 13.0 Å². The average Bonchev–Trinajstić information content (AvgIpc) is 2.90. The maximum Gasteiger partial charge on any atom is 0.253 e. The van der Waals surface area contributed by atoms with E-state index in [2.05, 4.69) is 26.5 Å². The summed E-state index contributed by atoms with van der Waals surface area (Å²) in [5.74, 6) is 0.505. The highest BCUT2D eigenvalue weighted by Gasteiger charge is 2.22. The van der Waals surface area contributed by atoms with Crippen molar-refractivity contribution in [1.82, 2.24) is 10.2 Å². The largest absolute Gasteiger partial charge is 0.495 e. The fourth-order valence-corrected chi connectivity index (χ4v) is 4.32. The minimum absolute atomic E-state index is 0.132. The summed E-state index contributed by atoms with van der Waals surface area (Å²) < 4.78 is 5.48. The van der Waals surface area contributed by atoms with Crippen LogP contribution in [0.4, 0.5) is 11.4 Å². The molecule has 0 saturated carbocycles. The summed E-state index contributed by atoms with van der Waals surface area (Å²) in [5, 5.41) is 5.96. The van der Waals surface area contributed by atoms with Gasteiger partial charge in [0.25, 0.3) is 5.91 Å². The number of anilines is 2. The Bertz CT molecular complexity index is 1140. The molecule has 0 radical (unpaired) electrons. The van der Waals surface area contributed by atoms with Crippen LogP contribution >= 0.6 is 0 Å². The van der Waals surface area contributed by atoms with E-state index in [1.807, 2.05) is 61.5 Å². The van der Waals surface area contributed by atoms with Gasteiger partial charge in [-0.3, -0.25) is 14.5 Å². The Morgan fingerprint density at radius 2 is 1.54 bits per heavy atom. The lowest BCUT2D eigenvalue weighted by Crippen LogP contribution is -2.48. The van der Waals surface area contributed by atoms with E-state index in [1.54, 1.807) is 25.3 Å². The number of hydrogen-bond donors (Lipinski definition) is 2. The first-order valence-electron chi connectivity index (χ1n) is 11.9. The molecule has 1 aliphatic rings. The highest BCUT2D eigenvalue weighted by molar-refractivity contribution is 6.04. The van der Waals surface area contributed by atoms with Gasteiger partial charge >= 0.3 is 0 Å². The average molecular weight is 473 g/mol. The van der Waals surface area contributed by atoms with Crippen molar-refractivity contribution >= 4 is 23.2 Å². The minimum Gasteiger partial charge on any atom is -0.495 e. The van der Waals surface area contributed by atoms with Crippen molar-refractivity contribution in [2.75, 3.05) is 50.1 Å². The molecular formula is C28H32N4O3. The van der Waals surface area contributed by atoms with E-state index in [0.29, 0.717) is 11.3 Å². The summed E-state index contributed by atoms with van der Waals surface area (Å²) in [6.07, 6.45) is 0. The van der Waals surface area contributed by atoms with Gasteiger partial charge in [-0.15, -0.1) is 0 Å². The van der Waals surface area contributed by atoms with E-state index in [4.69, 9.17) is 4.74 Å². The quantitative estimate of drug-likeness (QED) is 0.519. The molecule has 0 aliphatic carbocycles. The van der Waals surface area contributed by atoms with Crippen molar-refractivity contribution in [1.29, 1.82) is 0 Å². The van der Waals surface area contributed by atoms with Gasteiger partial charge in [-0.25, -0.2) is 0 Å². The predicted molar refractivity (Wildman–Crippen MR) is 139 cm³/mol. The minimum atomic E-state index is -0.220. The monoisotopic (exact) mass is 472 g/mol. The first-order chi connectivity index (χ1) is 17.0. The van der Waals surface area contributed by atoms with E-state index in [9.17, 15) is 9.59 Å². The highest BCUT2D eigenvalue weighted by atomic mass is 16.5. The number of carbonyl (C=O) groups excluding carboxylic acids is 2. The Labute approximate surface area is 206 Å². The van der Waals surface area contributed by atoms with Crippen LogP contribution in [0.25, 0.3) is 0 Å². The Morgan fingerprint density at radius 1 is 0.886 bits per heavy atom. The van der Waals surface area contributed by atoms with Crippen molar-refractivity contribution in [3.8, 4) is 5.75 Å². The number of methoxy groups -OCH3 is 1. The third kappa shape index (κ3) is 6.19. The molecule has 0 bridgehead atoms. The van der Waals surface area contributed by atoms with Gasteiger partial charge in [0.1, 0.15) is 5.75 Å². The molecule has 3 aromatic carbocycles. The van der Waals surface area contributed by atoms with Crippen molar-refractivity contribution in [3.63, 3.8) is 0 Å². The Hall–Kier alpha value is -3.84. The van der Waals surface area contributed by atoms with Crippen LogP contribution in [0.15, 0.2) is 78.9 Å². The summed E-state index contributed by atoms with van der Waals surface area (Å²) >= 11 is 0. The number of nitrogens with one attached hydrogen (secondary N) is 2. The van der Waals surface area contributed by atoms with Crippen molar-refractivity contribution in [3.05, 3.63) is 90.0 Å². The van der Waals surface area contributed by atoms with E-state index >= 15 is 0 Å². The number of nitrogens with zero attached hydrogens (tertiary/aromatic N) is 2. The maximum absolute atomic E-state index is 13.0. The van der Waals surface area contributed by atoms with Crippen LogP contribution in [0, 0.1) is 0 Å². The van der Waals surface area contributed by atoms with Crippen molar-refractivity contribution in [2.24, 2.45) is 0 Å². The zero-order chi connectivity index (χ0) is 24.6. The molecule has 4 rings (SSSR count). The molecule has 7 nitrogen and oxygen atoms in total. The molecule has 1 saturated heterocycles. The third-order valence-corrected chi connectivity index (χ3v) is 6.26. The lowest BCUT2D eigenvalue weighted by Gasteiger charge is -2.36. The normalized spacial score (nSPS) is 14.7. The summed E-state index contributed by atoms with van der Waals surface area (Å²) in [7, 11) is 1.68. The summed E-state index contributed by atoms with van der Waals surface area (Å²) in [6, 6.07) is 24.7. The van der Waals surface area contributed by atoms with Crippen LogP contribution in [-0.2, 0) is 4.79 Å². The van der Waals surface area contributed by atoms with Crippen LogP contribution in [-0.4, -0.2) is 56.5 Å². The third-order valence-electron chi connectivity index (χ3n) is 6.26. The van der Waals surface area contributed by atoms with E-state index < -0.39 is 0 Å². The standard InChI is InChI=1S/C28H32N4O3/c1-21(22-10-4-3-5-11-22)29-28(34)23-12-6-7-13-24(23)30-27(33)20-31-16-18-32(19-17-31)25-14-8-9-15-26(25)35-2/h3-15,21H,16-20H2,1-2H3,(H,29,34)(H,30,33)/t21-/m1/s1. The number of hydrogen-bond acceptors (Lipinski definition) is 5. The number of amides is 2. The van der Waals surface area contributed by atoms with Crippen molar-refractivity contribution < 1.29 is 14.3 Å². The molecule has 0 aromatic heterocycles. The molecule has 2 N–H and O–H groups in total. The van der Waals surface area contributed by atoms with Gasteiger partial charge in [-0.05, 0) is 36.8 Å². The van der Waals surface area contributed by atoms with E-state index in [-0.39, 0.29) is 24.4 Å². The maximum atomic E-state index is 13.0. The number of carbonyl (C=O) groups is 2. The zero-order valence-corrected chi connectivity index (χ0v) is 20.2. The first-order valence-corrected chi connectivity index (χ1v) is 11.9. The summed E-state index contributed by atoms with van der Waals surface area (Å²) in [5.41, 5.74) is 3.06. The van der Waals surface area contributed by atoms with E-state index in [0.717, 1.165) is 43.2 Å². The van der Waals surface area contributed by atoms with Gasteiger partial charge < -0.3 is 20.3 Å². The van der Waals surface area contributed by atoms with Crippen LogP contribution in [0.3, 0.4) is 0 Å². The lowest BCUT2D eigenvalue weighted by molar-refractivity contribution is -0.117. The first kappa shape index (κ1) is 24.3. The molecule has 1 atom stereocenters. The molecule has 0 unspecified atom stereocenters. The number of para-hydroxylation sites is 3. The molecule has 2 amide bonds. The van der Waals surface area contributed by atoms with Crippen LogP contribution in [0.2, 0.25) is 0 Å². The number of rotatable bonds is 8. The molecular weight excluding hydrogens is 440 g/mol. The number of ether oxygens (including phenoxy) is 1. The molecule has 35 heavy (non-hydrogen) atoms. The lowest BCUT2D eigenvalue weighted by atomic mass is 10.1. The second-order valence-corrected chi connectivity index (χ2v) is 8.63. The van der Waals surface area contributed by atoms with Gasteiger partial charge in [-0.1, -0.05) is 54.6 Å². The SMILES string of the molecule is COc1ccccc1N1CCN(CC(=O)Nc2ccccc2C(=O)N[C@H](C)c2ccccc2)CC1. The molecule has 3 aromatic rings. The van der Waals surface area contributed by atoms with Gasteiger partial charge in [0, 0.05) is 26.2 Å². The second-order valence-electron chi connectivity index (χ2n) is 8.63.